The van der Waals surface area contributed by atoms with Gasteiger partial charge in [0.05, 0.1) is 23.4 Å². The van der Waals surface area contributed by atoms with Gasteiger partial charge in [0.25, 0.3) is 15.9 Å². The Morgan fingerprint density at radius 3 is 2.63 bits per heavy atom. The summed E-state index contributed by atoms with van der Waals surface area (Å²) >= 11 is 0. The maximum atomic E-state index is 15.0. The number of methoxy groups -OCH3 is 1. The Balaban J connectivity index is 1.41. The van der Waals surface area contributed by atoms with Crippen LogP contribution in [0.2, 0.25) is 0 Å². The minimum Gasteiger partial charge on any atom is -0.495 e. The molecule has 1 saturated heterocycles. The van der Waals surface area contributed by atoms with Crippen molar-refractivity contribution in [3.63, 3.8) is 0 Å². The van der Waals surface area contributed by atoms with E-state index in [9.17, 15) is 17.6 Å². The van der Waals surface area contributed by atoms with Gasteiger partial charge in [-0.1, -0.05) is 0 Å². The summed E-state index contributed by atoms with van der Waals surface area (Å²) in [6.45, 7) is 3.07. The van der Waals surface area contributed by atoms with E-state index in [4.69, 9.17) is 9.88 Å². The summed E-state index contributed by atoms with van der Waals surface area (Å²) in [5.74, 6) is -0.0961. The lowest BCUT2D eigenvalue weighted by atomic mass is 10.0. The van der Waals surface area contributed by atoms with Gasteiger partial charge in [-0.2, -0.15) is 0 Å². The molecule has 0 atom stereocenters. The Hall–Kier alpha value is -3.38. The number of carbonyl (C=O) groups excluding carboxylic acids is 1. The molecular weight excluding hydrogens is 475 g/mol. The molecule has 1 radical (unpaired) electrons. The number of anilines is 2. The monoisotopic (exact) mass is 503 g/mol. The Morgan fingerprint density at radius 1 is 1.23 bits per heavy atom. The van der Waals surface area contributed by atoms with Gasteiger partial charge in [-0.05, 0) is 55.7 Å². The molecule has 1 amide bonds. The van der Waals surface area contributed by atoms with E-state index in [2.05, 4.69) is 20.9 Å². The number of ether oxygens (including phenoxy) is 1. The second-order valence-corrected chi connectivity index (χ2v) is 9.88. The van der Waals surface area contributed by atoms with Crippen LogP contribution >= 0.6 is 0 Å². The van der Waals surface area contributed by atoms with E-state index in [0.717, 1.165) is 50.4 Å². The zero-order chi connectivity index (χ0) is 25.0. The number of nitrogens with one attached hydrogen (secondary N) is 4. The molecule has 0 spiro atoms. The van der Waals surface area contributed by atoms with Gasteiger partial charge in [0.1, 0.15) is 11.6 Å². The highest BCUT2D eigenvalue weighted by atomic mass is 32.2. The summed E-state index contributed by atoms with van der Waals surface area (Å²) in [5.41, 5.74) is 0.570. The van der Waals surface area contributed by atoms with Crippen molar-refractivity contribution in [1.29, 1.82) is 0 Å². The summed E-state index contributed by atoms with van der Waals surface area (Å²) in [7, 11) is -2.86. The first-order chi connectivity index (χ1) is 16.7. The van der Waals surface area contributed by atoms with E-state index < -0.39 is 21.7 Å². The molecule has 4 rings (SSSR count). The predicted molar refractivity (Wildman–Crippen MR) is 131 cm³/mol. The van der Waals surface area contributed by atoms with Gasteiger partial charge in [0, 0.05) is 37.8 Å². The van der Waals surface area contributed by atoms with E-state index in [-0.39, 0.29) is 27.9 Å². The van der Waals surface area contributed by atoms with Crippen molar-refractivity contribution in [3.8, 4) is 5.75 Å². The van der Waals surface area contributed by atoms with Gasteiger partial charge in [0.2, 0.25) is 0 Å². The second-order valence-electron chi connectivity index (χ2n) is 8.40. The number of benzene rings is 2. The first-order valence-electron chi connectivity index (χ1n) is 11.3. The quantitative estimate of drug-likeness (QED) is 0.548. The lowest BCUT2D eigenvalue weighted by Gasteiger charge is -2.35. The van der Waals surface area contributed by atoms with E-state index in [1.54, 1.807) is 6.07 Å². The van der Waals surface area contributed by atoms with Crippen molar-refractivity contribution in [2.75, 3.05) is 43.5 Å². The van der Waals surface area contributed by atoms with Crippen molar-refractivity contribution in [2.24, 2.45) is 4.99 Å². The SMILES string of the molecule is COc1ccc(S([NH])(=O)=O)cc1NC(=O)c1ccc(N2CCC(NC3=NCCCN3)CC2)c(F)c1. The van der Waals surface area contributed by atoms with Crippen molar-refractivity contribution in [1.82, 2.24) is 15.8 Å². The van der Waals surface area contributed by atoms with Gasteiger partial charge in [0.15, 0.2) is 5.96 Å². The molecule has 0 unspecified atom stereocenters. The van der Waals surface area contributed by atoms with Crippen LogP contribution in [0.25, 0.3) is 0 Å². The fraction of sp³-hybridized carbons (Fsp3) is 0.391. The number of sulfonamides is 1. The Labute approximate surface area is 203 Å². The Morgan fingerprint density at radius 2 is 2.00 bits per heavy atom. The predicted octanol–water partition coefficient (Wildman–Crippen LogP) is 1.97. The van der Waals surface area contributed by atoms with E-state index in [0.29, 0.717) is 18.8 Å². The van der Waals surface area contributed by atoms with E-state index >= 15 is 0 Å². The lowest BCUT2D eigenvalue weighted by Crippen LogP contribution is -2.50. The van der Waals surface area contributed by atoms with Gasteiger partial charge in [-0.25, -0.2) is 12.8 Å². The fourth-order valence-corrected chi connectivity index (χ4v) is 4.66. The molecule has 2 heterocycles. The lowest BCUT2D eigenvalue weighted by molar-refractivity contribution is 0.102. The van der Waals surface area contributed by atoms with E-state index in [1.165, 1.54) is 25.3 Å². The molecule has 0 bridgehead atoms. The van der Waals surface area contributed by atoms with Crippen LogP contribution in [0.5, 0.6) is 5.75 Å². The van der Waals surface area contributed by atoms with Crippen molar-refractivity contribution in [3.05, 3.63) is 47.8 Å². The minimum absolute atomic E-state index is 0.0712. The number of hydrogen-bond donors (Lipinski definition) is 3. The molecule has 4 N–H and O–H groups in total. The average molecular weight is 504 g/mol. The summed E-state index contributed by atoms with van der Waals surface area (Å²) < 4.78 is 43.2. The number of amides is 1. The standard InChI is InChI=1S/C23H28FN6O4S/c1-34-21-6-4-17(35(25,32)33)14-19(21)29-22(31)15-3-5-20(18(24)13-15)30-11-7-16(8-12-30)28-23-26-9-2-10-27-23/h3-6,13-14,16,25H,2,7-12H2,1H3,(H,29,31)(H2,26,27,28). The summed E-state index contributed by atoms with van der Waals surface area (Å²) in [4.78, 5) is 18.8. The highest BCUT2D eigenvalue weighted by molar-refractivity contribution is 7.88. The molecule has 35 heavy (non-hydrogen) atoms. The smallest absolute Gasteiger partial charge is 0.255 e. The number of hydrogen-bond acceptors (Lipinski definition) is 8. The molecule has 187 valence electrons. The van der Waals surface area contributed by atoms with Crippen LogP contribution in [-0.4, -0.2) is 59.6 Å². The number of aliphatic imine (C=N–C) groups is 1. The normalized spacial score (nSPS) is 16.8. The fourth-order valence-electron chi connectivity index (χ4n) is 4.14. The van der Waals surface area contributed by atoms with Gasteiger partial charge < -0.3 is 25.6 Å². The molecule has 0 aliphatic carbocycles. The van der Waals surface area contributed by atoms with Crippen LogP contribution in [0.1, 0.15) is 29.6 Å². The average Bonchev–Trinajstić information content (AvgIpc) is 2.84. The zero-order valence-electron chi connectivity index (χ0n) is 19.3. The van der Waals surface area contributed by atoms with Crippen molar-refractivity contribution in [2.45, 2.75) is 30.2 Å². The molecule has 10 nitrogen and oxygen atoms in total. The number of carbonyl (C=O) groups is 1. The zero-order valence-corrected chi connectivity index (χ0v) is 20.1. The molecule has 0 saturated carbocycles. The number of rotatable bonds is 6. The highest BCUT2D eigenvalue weighted by Gasteiger charge is 2.23. The number of guanidine groups is 1. The largest absolute Gasteiger partial charge is 0.495 e. The third-order valence-corrected chi connectivity index (χ3v) is 6.89. The third-order valence-electron chi connectivity index (χ3n) is 6.01. The molecule has 1 fully saturated rings. The first kappa shape index (κ1) is 24.7. The Kier molecular flexibility index (Phi) is 7.41. The van der Waals surface area contributed by atoms with Crippen LogP contribution in [-0.2, 0) is 10.0 Å². The Bertz CT molecular complexity index is 1230. The minimum atomic E-state index is -4.22. The van der Waals surface area contributed by atoms with Crippen LogP contribution in [0, 0.1) is 5.82 Å². The van der Waals surface area contributed by atoms with Crippen molar-refractivity contribution < 1.29 is 22.3 Å². The highest BCUT2D eigenvalue weighted by Crippen LogP contribution is 2.29. The second kappa shape index (κ2) is 10.5. The molecule has 2 aromatic rings. The van der Waals surface area contributed by atoms with Gasteiger partial charge >= 0.3 is 0 Å². The molecular formula is C23H28FN6O4S. The summed E-state index contributed by atoms with van der Waals surface area (Å²) in [6.07, 6.45) is 2.69. The number of nitrogens with zero attached hydrogens (tertiary/aromatic N) is 2. The van der Waals surface area contributed by atoms with Gasteiger partial charge in [-0.15, -0.1) is 5.14 Å². The van der Waals surface area contributed by atoms with Gasteiger partial charge in [-0.3, -0.25) is 9.79 Å². The van der Waals surface area contributed by atoms with E-state index in [1.807, 2.05) is 4.90 Å². The number of halogens is 1. The van der Waals surface area contributed by atoms with Crippen LogP contribution in [0.4, 0.5) is 15.8 Å². The molecule has 2 aliphatic rings. The maximum absolute atomic E-state index is 15.0. The molecule has 0 aromatic heterocycles. The third kappa shape index (κ3) is 6.01. The molecule has 2 aromatic carbocycles. The van der Waals surface area contributed by atoms with Crippen LogP contribution in [0.3, 0.4) is 0 Å². The molecule has 2 aliphatic heterocycles. The van der Waals surface area contributed by atoms with Crippen LogP contribution < -0.4 is 30.7 Å². The summed E-state index contributed by atoms with van der Waals surface area (Å²) in [6, 6.07) is 8.22. The topological polar surface area (TPSA) is 136 Å². The van der Waals surface area contributed by atoms with Crippen LogP contribution in [0.15, 0.2) is 46.3 Å². The van der Waals surface area contributed by atoms with Crippen molar-refractivity contribution >= 4 is 33.3 Å². The molecule has 12 heteroatoms. The first-order valence-corrected chi connectivity index (χ1v) is 12.8. The maximum Gasteiger partial charge on any atom is 0.255 e. The number of piperidine rings is 1. The summed E-state index contributed by atoms with van der Waals surface area (Å²) in [5, 5.41) is 16.4.